The Morgan fingerprint density at radius 3 is 1.12 bits per heavy atom. The molecule has 1 aliphatic rings. The minimum absolute atomic E-state index is 0.0364. The van der Waals surface area contributed by atoms with Crippen LogP contribution in [0.5, 0.6) is 0 Å². The van der Waals surface area contributed by atoms with Gasteiger partial charge >= 0.3 is 0 Å². The first kappa shape index (κ1) is 59.9. The molecule has 98 heavy (non-hydrogen) atoms. The fraction of sp³-hybridized carbons (Fsp3) is 0.0947. The van der Waals surface area contributed by atoms with Gasteiger partial charge < -0.3 is 14.2 Å². The zero-order chi connectivity index (χ0) is 66.3. The van der Waals surface area contributed by atoms with Crippen molar-refractivity contribution in [1.82, 2.24) is 0 Å². The van der Waals surface area contributed by atoms with Crippen molar-refractivity contribution in [3.05, 3.63) is 373 Å². The van der Waals surface area contributed by atoms with Gasteiger partial charge in [-0.1, -0.05) is 296 Å². The molecule has 0 saturated carbocycles. The quantitative estimate of drug-likeness (QED) is 0.114. The summed E-state index contributed by atoms with van der Waals surface area (Å²) in [5.74, 6) is 0. The van der Waals surface area contributed by atoms with Crippen LogP contribution in [0.25, 0.3) is 99.1 Å². The van der Waals surface area contributed by atoms with E-state index in [1.54, 1.807) is 0 Å². The monoisotopic (exact) mass is 1260 g/mol. The molecule has 0 bridgehead atoms. The lowest BCUT2D eigenvalue weighted by atomic mass is 9.66. The number of hydrogen-bond donors (Lipinski definition) is 0. The van der Waals surface area contributed by atoms with Gasteiger partial charge in [0.05, 0.1) is 11.1 Å². The third kappa shape index (κ3) is 10.2. The number of anilines is 6. The molecule has 1 aliphatic carbocycles. The third-order valence-corrected chi connectivity index (χ3v) is 20.3. The SMILES string of the molecule is CC(C)(C)c1ccc(N(c2cc(-c3ccccc3)cc(-c3ccccc3)c2)c2ccc3c4c(c5ccccc5c3c2)-c2c(cc(N(c3ccc(C(C)(C)C)cc3)c3cc(-c5ccccc5)cc(-c5ccccc5)c3)c3oc5ccccc5c23)C4(c2ccccc2)c2ccccc2)cc1. The summed E-state index contributed by atoms with van der Waals surface area (Å²) in [6.45, 7) is 13.8. The maximum atomic E-state index is 7.61. The van der Waals surface area contributed by atoms with Crippen LogP contribution >= 0.6 is 0 Å². The van der Waals surface area contributed by atoms with Crippen molar-refractivity contribution in [2.24, 2.45) is 0 Å². The van der Waals surface area contributed by atoms with E-state index in [9.17, 15) is 0 Å². The molecule has 1 aromatic heterocycles. The molecule has 3 heteroatoms. The number of rotatable bonds is 12. The summed E-state index contributed by atoms with van der Waals surface area (Å²) >= 11 is 0. The number of hydrogen-bond acceptors (Lipinski definition) is 3. The fourth-order valence-electron chi connectivity index (χ4n) is 15.6. The van der Waals surface area contributed by atoms with Crippen molar-refractivity contribution in [2.45, 2.75) is 57.8 Å². The Labute approximate surface area is 574 Å². The molecule has 17 rings (SSSR count). The van der Waals surface area contributed by atoms with Gasteiger partial charge in [-0.2, -0.15) is 0 Å². The molecule has 1 heterocycles. The van der Waals surface area contributed by atoms with E-state index in [2.05, 4.69) is 391 Å². The maximum absolute atomic E-state index is 7.61. The number of furan rings is 1. The normalized spacial score (nSPS) is 12.7. The van der Waals surface area contributed by atoms with E-state index in [1.807, 2.05) is 0 Å². The van der Waals surface area contributed by atoms with Crippen LogP contribution in [0.4, 0.5) is 34.1 Å². The van der Waals surface area contributed by atoms with Gasteiger partial charge in [0.2, 0.25) is 0 Å². The van der Waals surface area contributed by atoms with Crippen LogP contribution in [0.15, 0.2) is 344 Å². The Balaban J connectivity index is 0.996. The highest BCUT2D eigenvalue weighted by Gasteiger charge is 2.50. The second-order valence-corrected chi connectivity index (χ2v) is 28.4. The molecule has 0 fully saturated rings. The Morgan fingerprint density at radius 1 is 0.276 bits per heavy atom. The standard InChI is InChI=1S/C95H74N2O/c1-93(2,3)71-45-49-75(50-46-71)96(78-57-67(63-29-13-7-14-30-63)55-68(58-78)64-31-15-8-16-32-64)77-53-54-82-84(61-77)80-41-25-26-42-81(80)88-90-85(95(91(82)88,73-37-21-11-22-38-73)74-39-23-12-24-40-74)62-86(92-89(90)83-43-27-28-44-87(83)98-92)97(76-51-47-72(48-52-76)94(4,5)6)79-59-69(65-33-17-9-18-34-65)56-70(60-79)66-35-19-10-20-36-66/h7-62H,1-6H3. The van der Waals surface area contributed by atoms with Crippen LogP contribution in [0.2, 0.25) is 0 Å². The van der Waals surface area contributed by atoms with Crippen LogP contribution in [-0.2, 0) is 16.2 Å². The van der Waals surface area contributed by atoms with Gasteiger partial charge in [-0.3, -0.25) is 0 Å². The molecular weight excluding hydrogens is 1190 g/mol. The van der Waals surface area contributed by atoms with Crippen molar-refractivity contribution in [2.75, 3.05) is 9.80 Å². The molecule has 15 aromatic carbocycles. The molecule has 0 saturated heterocycles. The van der Waals surface area contributed by atoms with Crippen molar-refractivity contribution >= 4 is 77.6 Å². The van der Waals surface area contributed by atoms with Crippen molar-refractivity contribution in [1.29, 1.82) is 0 Å². The summed E-state index contributed by atoms with van der Waals surface area (Å²) in [5, 5.41) is 6.85. The Kier molecular flexibility index (Phi) is 14.6. The van der Waals surface area contributed by atoms with Crippen LogP contribution in [0.3, 0.4) is 0 Å². The van der Waals surface area contributed by atoms with E-state index in [1.165, 1.54) is 66.1 Å². The Hall–Kier alpha value is -11.8. The largest absolute Gasteiger partial charge is 0.454 e. The summed E-state index contributed by atoms with van der Waals surface area (Å²) in [6, 6.07) is 126. The highest BCUT2D eigenvalue weighted by Crippen LogP contribution is 2.65. The predicted molar refractivity (Wildman–Crippen MR) is 415 cm³/mol. The lowest BCUT2D eigenvalue weighted by Gasteiger charge is -2.36. The molecule has 3 nitrogen and oxygen atoms in total. The zero-order valence-electron chi connectivity index (χ0n) is 56.1. The van der Waals surface area contributed by atoms with E-state index in [0.717, 1.165) is 101 Å². The topological polar surface area (TPSA) is 19.6 Å². The highest BCUT2D eigenvalue weighted by molar-refractivity contribution is 6.27. The van der Waals surface area contributed by atoms with Gasteiger partial charge in [-0.15, -0.1) is 0 Å². The fourth-order valence-corrected chi connectivity index (χ4v) is 15.6. The second kappa shape index (κ2) is 23.8. The minimum Gasteiger partial charge on any atom is -0.454 e. The molecule has 0 unspecified atom stereocenters. The van der Waals surface area contributed by atoms with Gasteiger partial charge in [0, 0.05) is 39.2 Å². The van der Waals surface area contributed by atoms with Gasteiger partial charge in [-0.05, 0) is 206 Å². The summed E-state index contributed by atoms with van der Waals surface area (Å²) in [6.07, 6.45) is 0. The van der Waals surface area contributed by atoms with E-state index in [-0.39, 0.29) is 10.8 Å². The maximum Gasteiger partial charge on any atom is 0.160 e. The second-order valence-electron chi connectivity index (χ2n) is 28.4. The summed E-state index contributed by atoms with van der Waals surface area (Å²) < 4.78 is 7.61. The Bertz CT molecular complexity index is 5500. The average Bonchev–Trinajstić information content (AvgIpc) is 1.49. The number of fused-ring (bicyclic) bond motifs is 12. The predicted octanol–water partition coefficient (Wildman–Crippen LogP) is 26.5. The molecule has 0 atom stereocenters. The van der Waals surface area contributed by atoms with E-state index < -0.39 is 5.41 Å². The van der Waals surface area contributed by atoms with Crippen LogP contribution in [0, 0.1) is 0 Å². The van der Waals surface area contributed by atoms with Crippen LogP contribution < -0.4 is 9.80 Å². The van der Waals surface area contributed by atoms with Gasteiger partial charge in [0.25, 0.3) is 0 Å². The number of nitrogens with zero attached hydrogens (tertiary/aromatic N) is 2. The van der Waals surface area contributed by atoms with E-state index in [0.29, 0.717) is 0 Å². The van der Waals surface area contributed by atoms with Crippen LogP contribution in [0.1, 0.15) is 74.9 Å². The summed E-state index contributed by atoms with van der Waals surface area (Å²) in [4.78, 5) is 4.97. The summed E-state index contributed by atoms with van der Waals surface area (Å²) in [5.41, 5.74) is 25.7. The number of para-hydroxylation sites is 1. The van der Waals surface area contributed by atoms with Crippen molar-refractivity contribution in [3.8, 4) is 55.6 Å². The first-order chi connectivity index (χ1) is 47.9. The highest BCUT2D eigenvalue weighted by atomic mass is 16.3. The van der Waals surface area contributed by atoms with E-state index in [4.69, 9.17) is 4.42 Å². The molecule has 0 amide bonds. The molecule has 0 aliphatic heterocycles. The molecule has 16 aromatic rings. The Morgan fingerprint density at radius 2 is 0.663 bits per heavy atom. The molecular formula is C95H74N2O. The first-order valence-electron chi connectivity index (χ1n) is 34.3. The van der Waals surface area contributed by atoms with Gasteiger partial charge in [-0.25, -0.2) is 0 Å². The third-order valence-electron chi connectivity index (χ3n) is 20.3. The molecule has 0 radical (unpaired) electrons. The first-order valence-corrected chi connectivity index (χ1v) is 34.3. The zero-order valence-corrected chi connectivity index (χ0v) is 56.1. The van der Waals surface area contributed by atoms with Gasteiger partial charge in [0.15, 0.2) is 5.58 Å². The molecule has 0 N–H and O–H groups in total. The van der Waals surface area contributed by atoms with Crippen LogP contribution in [-0.4, -0.2) is 0 Å². The average molecular weight is 1260 g/mol. The summed E-state index contributed by atoms with van der Waals surface area (Å²) in [7, 11) is 0. The number of benzene rings is 15. The molecule has 470 valence electrons. The van der Waals surface area contributed by atoms with Crippen molar-refractivity contribution in [3.63, 3.8) is 0 Å². The van der Waals surface area contributed by atoms with Crippen molar-refractivity contribution < 1.29 is 4.42 Å². The lowest BCUT2D eigenvalue weighted by Crippen LogP contribution is -2.29. The molecule has 0 spiro atoms. The van der Waals surface area contributed by atoms with E-state index >= 15 is 0 Å². The lowest BCUT2D eigenvalue weighted by molar-refractivity contribution is 0.590. The van der Waals surface area contributed by atoms with Gasteiger partial charge in [0.1, 0.15) is 5.58 Å². The minimum atomic E-state index is -0.891. The smallest absolute Gasteiger partial charge is 0.160 e.